The molecule has 0 atom stereocenters. The summed E-state index contributed by atoms with van der Waals surface area (Å²) in [5.41, 5.74) is 1.21. The van der Waals surface area contributed by atoms with Gasteiger partial charge in [0.05, 0.1) is 12.7 Å². The molecule has 1 N–H and O–H groups in total. The highest BCUT2D eigenvalue weighted by Gasteiger charge is 2.36. The fourth-order valence-corrected chi connectivity index (χ4v) is 3.45. The van der Waals surface area contributed by atoms with Crippen LogP contribution in [0, 0.1) is 0 Å². The van der Waals surface area contributed by atoms with Crippen LogP contribution in [0.1, 0.15) is 43.1 Å². The van der Waals surface area contributed by atoms with Gasteiger partial charge in [-0.25, -0.2) is 9.97 Å². The molecule has 1 aliphatic rings. The third kappa shape index (κ3) is 4.17. The van der Waals surface area contributed by atoms with Crippen LogP contribution in [0.15, 0.2) is 36.7 Å². The Labute approximate surface area is 149 Å². The number of benzene rings is 1. The normalized spacial score (nSPS) is 17.4. The molecule has 0 saturated carbocycles. The van der Waals surface area contributed by atoms with Crippen LogP contribution in [0.5, 0.6) is 5.75 Å². The van der Waals surface area contributed by atoms with Crippen molar-refractivity contribution in [2.24, 2.45) is 0 Å². The van der Waals surface area contributed by atoms with Crippen LogP contribution >= 0.6 is 0 Å². The molecule has 0 aliphatic carbocycles. The van der Waals surface area contributed by atoms with E-state index in [4.69, 9.17) is 4.74 Å². The summed E-state index contributed by atoms with van der Waals surface area (Å²) in [5, 5.41) is 11.1. The second-order valence-electron chi connectivity index (χ2n) is 6.77. The molecule has 1 aliphatic heterocycles. The maximum Gasteiger partial charge on any atom is 0.128 e. The molecule has 1 saturated heterocycles. The molecule has 1 aromatic carbocycles. The molecule has 0 unspecified atom stereocenters. The van der Waals surface area contributed by atoms with Gasteiger partial charge in [-0.2, -0.15) is 0 Å². The number of aromatic nitrogens is 2. The lowest BCUT2D eigenvalue weighted by Crippen LogP contribution is -2.42. The average molecular weight is 341 g/mol. The van der Waals surface area contributed by atoms with E-state index < -0.39 is 5.60 Å². The number of rotatable bonds is 6. The summed E-state index contributed by atoms with van der Waals surface area (Å²) in [4.78, 5) is 11.2. The van der Waals surface area contributed by atoms with Crippen molar-refractivity contribution in [3.63, 3.8) is 0 Å². The van der Waals surface area contributed by atoms with Gasteiger partial charge in [0, 0.05) is 49.6 Å². The smallest absolute Gasteiger partial charge is 0.128 e. The molecule has 2 heterocycles. The summed E-state index contributed by atoms with van der Waals surface area (Å²) in [6.07, 6.45) is 7.24. The topological polar surface area (TPSA) is 58.5 Å². The Hall–Kier alpha value is -1.98. The Kier molecular flexibility index (Phi) is 5.66. The van der Waals surface area contributed by atoms with E-state index in [1.54, 1.807) is 7.11 Å². The second kappa shape index (κ2) is 7.93. The number of piperidine rings is 1. The molecule has 1 fully saturated rings. The van der Waals surface area contributed by atoms with Crippen LogP contribution in [0.3, 0.4) is 0 Å². The summed E-state index contributed by atoms with van der Waals surface area (Å²) in [7, 11) is 1.65. The zero-order valence-electron chi connectivity index (χ0n) is 15.1. The van der Waals surface area contributed by atoms with E-state index in [-0.39, 0.29) is 0 Å². The van der Waals surface area contributed by atoms with Gasteiger partial charge in [-0.15, -0.1) is 0 Å². The molecule has 1 aromatic heterocycles. The number of methoxy groups -OCH3 is 1. The highest BCUT2D eigenvalue weighted by atomic mass is 16.5. The van der Waals surface area contributed by atoms with E-state index in [1.807, 2.05) is 36.7 Å². The van der Waals surface area contributed by atoms with Crippen molar-refractivity contribution < 1.29 is 9.84 Å². The van der Waals surface area contributed by atoms with Crippen LogP contribution in [-0.2, 0) is 18.6 Å². The molecule has 5 heteroatoms. The highest BCUT2D eigenvalue weighted by molar-refractivity contribution is 5.38. The van der Waals surface area contributed by atoms with Crippen molar-refractivity contribution >= 4 is 0 Å². The van der Waals surface area contributed by atoms with E-state index in [2.05, 4.69) is 21.8 Å². The van der Waals surface area contributed by atoms with Crippen molar-refractivity contribution in [2.45, 2.75) is 44.8 Å². The molecule has 3 rings (SSSR count). The van der Waals surface area contributed by atoms with E-state index >= 15 is 0 Å². The molecular formula is C20H27N3O2. The second-order valence-corrected chi connectivity index (χ2v) is 6.77. The molecule has 0 amide bonds. The van der Waals surface area contributed by atoms with Crippen molar-refractivity contribution in [1.29, 1.82) is 0 Å². The highest BCUT2D eigenvalue weighted by Crippen LogP contribution is 2.38. The van der Waals surface area contributed by atoms with E-state index in [0.29, 0.717) is 12.8 Å². The predicted molar refractivity (Wildman–Crippen MR) is 97.4 cm³/mol. The van der Waals surface area contributed by atoms with Crippen molar-refractivity contribution in [3.05, 3.63) is 53.6 Å². The molecule has 134 valence electrons. The lowest BCUT2D eigenvalue weighted by molar-refractivity contribution is -0.0292. The first-order chi connectivity index (χ1) is 12.1. The fourth-order valence-electron chi connectivity index (χ4n) is 3.45. The third-order valence-electron chi connectivity index (χ3n) is 4.93. The number of para-hydroxylation sites is 1. The van der Waals surface area contributed by atoms with Gasteiger partial charge >= 0.3 is 0 Å². The Morgan fingerprint density at radius 1 is 1.16 bits per heavy atom. The van der Waals surface area contributed by atoms with E-state index in [0.717, 1.165) is 55.2 Å². The maximum atomic E-state index is 11.1. The predicted octanol–water partition coefficient (Wildman–Crippen LogP) is 2.92. The van der Waals surface area contributed by atoms with Crippen molar-refractivity contribution in [3.8, 4) is 5.75 Å². The largest absolute Gasteiger partial charge is 0.496 e. The molecule has 0 bridgehead atoms. The third-order valence-corrected chi connectivity index (χ3v) is 4.93. The quantitative estimate of drug-likeness (QED) is 0.875. The summed E-state index contributed by atoms with van der Waals surface area (Å²) in [6, 6.07) is 7.77. The van der Waals surface area contributed by atoms with Crippen LogP contribution in [-0.4, -0.2) is 40.2 Å². The summed E-state index contributed by atoms with van der Waals surface area (Å²) < 4.78 is 5.43. The van der Waals surface area contributed by atoms with Crippen LogP contribution in [0.4, 0.5) is 0 Å². The van der Waals surface area contributed by atoms with Gasteiger partial charge < -0.3 is 9.84 Å². The van der Waals surface area contributed by atoms with Gasteiger partial charge in [0.25, 0.3) is 0 Å². The maximum absolute atomic E-state index is 11.1. The fraction of sp³-hybridized carbons (Fsp3) is 0.500. The molecule has 0 spiro atoms. The van der Waals surface area contributed by atoms with Gasteiger partial charge in [-0.05, 0) is 25.3 Å². The van der Waals surface area contributed by atoms with Gasteiger partial charge in [0.1, 0.15) is 11.6 Å². The monoisotopic (exact) mass is 341 g/mol. The summed E-state index contributed by atoms with van der Waals surface area (Å²) in [5.74, 6) is 1.67. The molecular weight excluding hydrogens is 314 g/mol. The zero-order chi connectivity index (χ0) is 17.7. The van der Waals surface area contributed by atoms with Gasteiger partial charge in [0.2, 0.25) is 0 Å². The minimum absolute atomic E-state index is 0.697. The first-order valence-electron chi connectivity index (χ1n) is 9.02. The molecule has 25 heavy (non-hydrogen) atoms. The first-order valence-corrected chi connectivity index (χ1v) is 9.02. The Bertz CT molecular complexity index is 680. The minimum atomic E-state index is -0.815. The number of likely N-dealkylation sites (tertiary alicyclic amines) is 1. The van der Waals surface area contributed by atoms with E-state index in [1.165, 1.54) is 0 Å². The number of hydrogen-bond donors (Lipinski definition) is 1. The summed E-state index contributed by atoms with van der Waals surface area (Å²) >= 11 is 0. The lowest BCUT2D eigenvalue weighted by Gasteiger charge is -2.39. The Balaban J connectivity index is 1.61. The number of aryl methyl sites for hydroxylation is 1. The van der Waals surface area contributed by atoms with Crippen molar-refractivity contribution in [1.82, 2.24) is 14.9 Å². The van der Waals surface area contributed by atoms with Crippen LogP contribution in [0.25, 0.3) is 0 Å². The minimum Gasteiger partial charge on any atom is -0.496 e. The zero-order valence-corrected chi connectivity index (χ0v) is 15.1. The number of aliphatic hydroxyl groups is 1. The van der Waals surface area contributed by atoms with Gasteiger partial charge in [0.15, 0.2) is 0 Å². The van der Waals surface area contributed by atoms with Crippen molar-refractivity contribution in [2.75, 3.05) is 20.2 Å². The van der Waals surface area contributed by atoms with Gasteiger partial charge in [-0.1, -0.05) is 25.1 Å². The Morgan fingerprint density at radius 2 is 1.84 bits per heavy atom. The average Bonchev–Trinajstić information content (AvgIpc) is 2.65. The van der Waals surface area contributed by atoms with Gasteiger partial charge in [-0.3, -0.25) is 4.90 Å². The Morgan fingerprint density at radius 3 is 2.48 bits per heavy atom. The van der Waals surface area contributed by atoms with Crippen LogP contribution in [0.2, 0.25) is 0 Å². The SMILES string of the molecule is CCCc1ncc(CN2CCC(O)(c3ccccc3OC)CC2)cn1. The number of nitrogens with zero attached hydrogens (tertiary/aromatic N) is 3. The standard InChI is InChI=1S/C20H27N3O2/c1-3-6-19-21-13-16(14-22-19)15-23-11-9-20(24,10-12-23)17-7-4-5-8-18(17)25-2/h4-5,7-8,13-14,24H,3,6,9-12,15H2,1-2H3. The summed E-state index contributed by atoms with van der Waals surface area (Å²) in [6.45, 7) is 4.64. The number of hydrogen-bond acceptors (Lipinski definition) is 5. The molecule has 5 nitrogen and oxygen atoms in total. The first kappa shape index (κ1) is 17.8. The molecule has 2 aromatic rings. The lowest BCUT2D eigenvalue weighted by atomic mass is 9.84. The molecule has 0 radical (unpaired) electrons. The van der Waals surface area contributed by atoms with Crippen LogP contribution < -0.4 is 4.74 Å². The number of ether oxygens (including phenoxy) is 1. The van der Waals surface area contributed by atoms with E-state index in [9.17, 15) is 5.11 Å².